The number of halogens is 1. The maximum Gasteiger partial charge on any atom is 0.139 e. The molecule has 1 aliphatic rings. The van der Waals surface area contributed by atoms with E-state index in [0.29, 0.717) is 17.5 Å². The minimum absolute atomic E-state index is 0.500. The summed E-state index contributed by atoms with van der Waals surface area (Å²) < 4.78 is 5.61. The lowest BCUT2D eigenvalue weighted by molar-refractivity contribution is 0.254. The highest BCUT2D eigenvalue weighted by atomic mass is 35.5. The van der Waals surface area contributed by atoms with Gasteiger partial charge in [-0.25, -0.2) is 0 Å². The van der Waals surface area contributed by atoms with E-state index in [2.05, 4.69) is 17.2 Å². The second kappa shape index (κ2) is 5.51. The normalized spacial score (nSPS) is 17.1. The Morgan fingerprint density at radius 3 is 3.06 bits per heavy atom. The Balaban J connectivity index is 1.69. The van der Waals surface area contributed by atoms with Gasteiger partial charge in [0.05, 0.1) is 17.8 Å². The summed E-state index contributed by atoms with van der Waals surface area (Å²) in [5.74, 6) is 1.24. The third-order valence-electron chi connectivity index (χ3n) is 2.55. The van der Waals surface area contributed by atoms with Crippen molar-refractivity contribution in [3.63, 3.8) is 0 Å². The molecular weight excluding hydrogens is 224 g/mol. The van der Waals surface area contributed by atoms with E-state index in [-0.39, 0.29) is 0 Å². The number of hydrogen-bond acceptors (Lipinski definition) is 3. The molecule has 1 heterocycles. The smallest absolute Gasteiger partial charge is 0.139 e. The van der Waals surface area contributed by atoms with Crippen molar-refractivity contribution in [1.82, 2.24) is 10.3 Å². The summed E-state index contributed by atoms with van der Waals surface area (Å²) >= 11 is 5.82. The second-order valence-corrected chi connectivity index (χ2v) is 4.87. The van der Waals surface area contributed by atoms with Gasteiger partial charge in [-0.3, -0.25) is 4.98 Å². The molecule has 3 nitrogen and oxygen atoms in total. The Morgan fingerprint density at radius 2 is 2.38 bits per heavy atom. The Labute approximate surface area is 101 Å². The molecular formula is C12H17ClN2O. The highest BCUT2D eigenvalue weighted by molar-refractivity contribution is 6.30. The average molecular weight is 241 g/mol. The second-order valence-electron chi connectivity index (χ2n) is 4.44. The molecule has 1 atom stereocenters. The van der Waals surface area contributed by atoms with Crippen LogP contribution in [0, 0.1) is 5.92 Å². The standard InChI is InChI=1S/C12H17ClN2O/c1-9(5-15-11-2-3-11)8-16-12-4-10(13)6-14-7-12/h4,6-7,9,11,15H,2-3,5,8H2,1H3. The highest BCUT2D eigenvalue weighted by Gasteiger charge is 2.20. The molecule has 2 rings (SSSR count). The molecule has 0 radical (unpaired) electrons. The molecule has 16 heavy (non-hydrogen) atoms. The van der Waals surface area contributed by atoms with E-state index in [1.54, 1.807) is 18.5 Å². The number of aromatic nitrogens is 1. The van der Waals surface area contributed by atoms with Crippen molar-refractivity contribution in [3.8, 4) is 5.75 Å². The molecule has 0 amide bonds. The fraction of sp³-hybridized carbons (Fsp3) is 0.583. The van der Waals surface area contributed by atoms with Crippen LogP contribution in [0.15, 0.2) is 18.5 Å². The van der Waals surface area contributed by atoms with E-state index < -0.39 is 0 Å². The molecule has 0 spiro atoms. The summed E-state index contributed by atoms with van der Waals surface area (Å²) in [6, 6.07) is 2.55. The van der Waals surface area contributed by atoms with Crippen molar-refractivity contribution >= 4 is 11.6 Å². The van der Waals surface area contributed by atoms with Crippen LogP contribution in [0.5, 0.6) is 5.75 Å². The Hall–Kier alpha value is -0.800. The van der Waals surface area contributed by atoms with Gasteiger partial charge in [0.15, 0.2) is 0 Å². The Morgan fingerprint density at radius 1 is 1.56 bits per heavy atom. The maximum atomic E-state index is 5.82. The van der Waals surface area contributed by atoms with Crippen LogP contribution in [0.2, 0.25) is 5.02 Å². The molecule has 1 aliphatic carbocycles. The quantitative estimate of drug-likeness (QED) is 0.830. The van der Waals surface area contributed by atoms with Gasteiger partial charge >= 0.3 is 0 Å². The highest BCUT2D eigenvalue weighted by Crippen LogP contribution is 2.19. The summed E-state index contributed by atoms with van der Waals surface area (Å²) in [5.41, 5.74) is 0. The first-order valence-electron chi connectivity index (χ1n) is 5.71. The maximum absolute atomic E-state index is 5.82. The van der Waals surface area contributed by atoms with Crippen molar-refractivity contribution in [2.24, 2.45) is 5.92 Å². The zero-order chi connectivity index (χ0) is 11.4. The van der Waals surface area contributed by atoms with Crippen LogP contribution in [0.25, 0.3) is 0 Å². The van der Waals surface area contributed by atoms with Gasteiger partial charge in [-0.05, 0) is 12.8 Å². The lowest BCUT2D eigenvalue weighted by atomic mass is 10.2. The van der Waals surface area contributed by atoms with E-state index in [9.17, 15) is 0 Å². The number of pyridine rings is 1. The van der Waals surface area contributed by atoms with E-state index in [1.165, 1.54) is 12.8 Å². The van der Waals surface area contributed by atoms with Gasteiger partial charge < -0.3 is 10.1 Å². The van der Waals surface area contributed by atoms with Gasteiger partial charge in [-0.2, -0.15) is 0 Å². The topological polar surface area (TPSA) is 34.1 Å². The van der Waals surface area contributed by atoms with Gasteiger partial charge in [0, 0.05) is 30.8 Å². The van der Waals surface area contributed by atoms with Crippen LogP contribution >= 0.6 is 11.6 Å². The van der Waals surface area contributed by atoms with E-state index in [0.717, 1.165) is 18.3 Å². The van der Waals surface area contributed by atoms with Gasteiger partial charge in [-0.15, -0.1) is 0 Å². The molecule has 1 aromatic rings. The minimum Gasteiger partial charge on any atom is -0.492 e. The third-order valence-corrected chi connectivity index (χ3v) is 2.75. The molecule has 1 saturated carbocycles. The van der Waals surface area contributed by atoms with Gasteiger partial charge in [0.25, 0.3) is 0 Å². The van der Waals surface area contributed by atoms with Gasteiger partial charge in [0.2, 0.25) is 0 Å². The van der Waals surface area contributed by atoms with E-state index >= 15 is 0 Å². The first kappa shape index (κ1) is 11.7. The fourth-order valence-corrected chi connectivity index (χ4v) is 1.59. The van der Waals surface area contributed by atoms with Crippen molar-refractivity contribution < 1.29 is 4.74 Å². The Kier molecular flexibility index (Phi) is 4.02. The summed E-state index contributed by atoms with van der Waals surface area (Å²) in [6.45, 7) is 3.88. The van der Waals surface area contributed by atoms with Crippen molar-refractivity contribution in [2.75, 3.05) is 13.2 Å². The fourth-order valence-electron chi connectivity index (χ4n) is 1.42. The van der Waals surface area contributed by atoms with Gasteiger partial charge in [-0.1, -0.05) is 18.5 Å². The number of hydrogen-bond donors (Lipinski definition) is 1. The van der Waals surface area contributed by atoms with Crippen LogP contribution in [0.3, 0.4) is 0 Å². The predicted molar refractivity (Wildman–Crippen MR) is 64.9 cm³/mol. The monoisotopic (exact) mass is 240 g/mol. The van der Waals surface area contributed by atoms with E-state index in [1.807, 2.05) is 0 Å². The van der Waals surface area contributed by atoms with Crippen LogP contribution in [0.4, 0.5) is 0 Å². The minimum atomic E-state index is 0.500. The van der Waals surface area contributed by atoms with Crippen LogP contribution < -0.4 is 10.1 Å². The molecule has 88 valence electrons. The summed E-state index contributed by atoms with van der Waals surface area (Å²) in [4.78, 5) is 3.97. The Bertz CT molecular complexity index is 342. The number of ether oxygens (including phenoxy) is 1. The van der Waals surface area contributed by atoms with Crippen molar-refractivity contribution in [1.29, 1.82) is 0 Å². The molecule has 0 bridgehead atoms. The van der Waals surface area contributed by atoms with Crippen LogP contribution in [0.1, 0.15) is 19.8 Å². The number of rotatable bonds is 6. The molecule has 1 unspecified atom stereocenters. The molecule has 0 aromatic carbocycles. The van der Waals surface area contributed by atoms with Crippen LogP contribution in [-0.2, 0) is 0 Å². The zero-order valence-electron chi connectivity index (χ0n) is 9.45. The number of nitrogens with one attached hydrogen (secondary N) is 1. The molecule has 1 fully saturated rings. The third kappa shape index (κ3) is 3.99. The SMILES string of the molecule is CC(CNC1CC1)COc1cncc(Cl)c1. The first-order chi connectivity index (χ1) is 7.74. The van der Waals surface area contributed by atoms with E-state index in [4.69, 9.17) is 16.3 Å². The molecule has 1 aromatic heterocycles. The lowest BCUT2D eigenvalue weighted by Crippen LogP contribution is -2.26. The summed E-state index contributed by atoms with van der Waals surface area (Å²) in [5, 5.41) is 4.09. The zero-order valence-corrected chi connectivity index (χ0v) is 10.2. The molecule has 0 saturated heterocycles. The van der Waals surface area contributed by atoms with Crippen molar-refractivity contribution in [2.45, 2.75) is 25.8 Å². The number of nitrogens with zero attached hydrogens (tertiary/aromatic N) is 1. The molecule has 4 heteroatoms. The first-order valence-corrected chi connectivity index (χ1v) is 6.08. The average Bonchev–Trinajstić information content (AvgIpc) is 3.07. The molecule has 1 N–H and O–H groups in total. The summed E-state index contributed by atoms with van der Waals surface area (Å²) in [6.07, 6.45) is 5.94. The largest absolute Gasteiger partial charge is 0.492 e. The molecule has 0 aliphatic heterocycles. The van der Waals surface area contributed by atoms with Crippen LogP contribution in [-0.4, -0.2) is 24.2 Å². The predicted octanol–water partition coefficient (Wildman–Crippen LogP) is 2.50. The van der Waals surface area contributed by atoms with Crippen molar-refractivity contribution in [3.05, 3.63) is 23.5 Å². The summed E-state index contributed by atoms with van der Waals surface area (Å²) in [7, 11) is 0. The van der Waals surface area contributed by atoms with Gasteiger partial charge in [0.1, 0.15) is 5.75 Å². The lowest BCUT2D eigenvalue weighted by Gasteiger charge is -2.13.